The molecule has 0 heterocycles. The zero-order chi connectivity index (χ0) is 12.3. The summed E-state index contributed by atoms with van der Waals surface area (Å²) < 4.78 is 5.19. The van der Waals surface area contributed by atoms with E-state index in [2.05, 4.69) is 0 Å². The molecule has 0 aromatic heterocycles. The van der Waals surface area contributed by atoms with Gasteiger partial charge in [-0.25, -0.2) is 0 Å². The molecule has 1 aromatic rings. The lowest BCUT2D eigenvalue weighted by Gasteiger charge is -2.20. The van der Waals surface area contributed by atoms with E-state index in [1.807, 2.05) is 12.1 Å². The summed E-state index contributed by atoms with van der Waals surface area (Å²) in [5, 5.41) is 0. The van der Waals surface area contributed by atoms with Gasteiger partial charge >= 0.3 is 0 Å². The Morgan fingerprint density at radius 1 is 1.24 bits per heavy atom. The Kier molecular flexibility index (Phi) is 3.57. The topological polar surface area (TPSA) is 43.4 Å². The van der Waals surface area contributed by atoms with Crippen molar-refractivity contribution in [2.24, 2.45) is 5.92 Å². The highest BCUT2D eigenvalue weighted by Gasteiger charge is 2.27. The van der Waals surface area contributed by atoms with Gasteiger partial charge in [0.25, 0.3) is 0 Å². The molecule has 1 aromatic carbocycles. The maximum atomic E-state index is 12.3. The normalized spacial score (nSPS) is 16.9. The smallest absolute Gasteiger partial charge is 0.169 e. The second-order valence-corrected chi connectivity index (χ2v) is 4.38. The van der Waals surface area contributed by atoms with Crippen molar-refractivity contribution in [3.05, 3.63) is 29.8 Å². The Morgan fingerprint density at radius 3 is 2.53 bits per heavy atom. The van der Waals surface area contributed by atoms with E-state index in [1.165, 1.54) is 0 Å². The zero-order valence-corrected chi connectivity index (χ0v) is 9.94. The van der Waals surface area contributed by atoms with Gasteiger partial charge in [0.05, 0.1) is 12.7 Å². The van der Waals surface area contributed by atoms with E-state index in [0.717, 1.165) is 0 Å². The highest BCUT2D eigenvalue weighted by atomic mass is 16.5. The summed E-state index contributed by atoms with van der Waals surface area (Å²) >= 11 is 0. The predicted molar refractivity (Wildman–Crippen MR) is 64.3 cm³/mol. The molecule has 0 unspecified atom stereocenters. The van der Waals surface area contributed by atoms with Gasteiger partial charge in [0.15, 0.2) is 5.78 Å². The fourth-order valence-electron chi connectivity index (χ4n) is 2.27. The summed E-state index contributed by atoms with van der Waals surface area (Å²) in [5.41, 5.74) is 0.634. The van der Waals surface area contributed by atoms with Crippen LogP contribution in [0.15, 0.2) is 24.3 Å². The molecule has 0 amide bonds. The van der Waals surface area contributed by atoms with E-state index in [1.54, 1.807) is 19.2 Å². The van der Waals surface area contributed by atoms with E-state index in [-0.39, 0.29) is 17.5 Å². The minimum absolute atomic E-state index is 0.0241. The minimum Gasteiger partial charge on any atom is -0.496 e. The van der Waals surface area contributed by atoms with E-state index in [9.17, 15) is 9.59 Å². The molecule has 2 rings (SSSR count). The second-order valence-electron chi connectivity index (χ2n) is 4.38. The summed E-state index contributed by atoms with van der Waals surface area (Å²) in [5.74, 6) is 0.974. The molecule has 0 bridgehead atoms. The van der Waals surface area contributed by atoms with Gasteiger partial charge in [0, 0.05) is 18.8 Å². The summed E-state index contributed by atoms with van der Waals surface area (Å²) in [6.45, 7) is 0. The van der Waals surface area contributed by atoms with Crippen molar-refractivity contribution in [1.29, 1.82) is 0 Å². The quantitative estimate of drug-likeness (QED) is 0.752. The van der Waals surface area contributed by atoms with Gasteiger partial charge in [-0.15, -0.1) is 0 Å². The highest BCUT2D eigenvalue weighted by molar-refractivity contribution is 6.01. The number of benzene rings is 1. The van der Waals surface area contributed by atoms with Crippen LogP contribution < -0.4 is 4.74 Å². The largest absolute Gasteiger partial charge is 0.496 e. The molecule has 0 aliphatic heterocycles. The van der Waals surface area contributed by atoms with Gasteiger partial charge in [0.1, 0.15) is 11.5 Å². The van der Waals surface area contributed by atoms with Gasteiger partial charge in [0.2, 0.25) is 0 Å². The molecule has 0 N–H and O–H groups in total. The standard InChI is InChI=1S/C14H16O3/c1-17-13-5-3-2-4-12(13)14(16)10-6-8-11(15)9-7-10/h2-5,10H,6-9H2,1H3. The molecule has 0 atom stereocenters. The molecule has 1 fully saturated rings. The molecule has 0 saturated heterocycles. The molecule has 1 saturated carbocycles. The van der Waals surface area contributed by atoms with Crippen LogP contribution in [0.2, 0.25) is 0 Å². The Morgan fingerprint density at radius 2 is 1.88 bits per heavy atom. The monoisotopic (exact) mass is 232 g/mol. The van der Waals surface area contributed by atoms with Crippen LogP contribution in [0.3, 0.4) is 0 Å². The fourth-order valence-corrected chi connectivity index (χ4v) is 2.27. The van der Waals surface area contributed by atoms with Crippen molar-refractivity contribution in [3.8, 4) is 5.75 Å². The number of ether oxygens (including phenoxy) is 1. The van der Waals surface area contributed by atoms with Crippen molar-refractivity contribution in [1.82, 2.24) is 0 Å². The van der Waals surface area contributed by atoms with Crippen molar-refractivity contribution >= 4 is 11.6 Å². The Bertz CT molecular complexity index is 427. The zero-order valence-electron chi connectivity index (χ0n) is 9.94. The van der Waals surface area contributed by atoms with Crippen LogP contribution in [0, 0.1) is 5.92 Å². The number of hydrogen-bond donors (Lipinski definition) is 0. The highest BCUT2D eigenvalue weighted by Crippen LogP contribution is 2.28. The lowest BCUT2D eigenvalue weighted by Crippen LogP contribution is -2.22. The SMILES string of the molecule is COc1ccccc1C(=O)C1CCC(=O)CC1. The lowest BCUT2D eigenvalue weighted by molar-refractivity contribution is -0.120. The molecule has 3 nitrogen and oxygen atoms in total. The first-order valence-corrected chi connectivity index (χ1v) is 5.91. The van der Waals surface area contributed by atoms with Gasteiger partial charge in [-0.3, -0.25) is 9.59 Å². The summed E-state index contributed by atoms with van der Waals surface area (Å²) in [6.07, 6.45) is 2.42. The van der Waals surface area contributed by atoms with Gasteiger partial charge in [-0.2, -0.15) is 0 Å². The summed E-state index contributed by atoms with van der Waals surface area (Å²) in [4.78, 5) is 23.4. The Hall–Kier alpha value is -1.64. The molecule has 0 spiro atoms. The number of methoxy groups -OCH3 is 1. The predicted octanol–water partition coefficient (Wildman–Crippen LogP) is 2.64. The average Bonchev–Trinajstić information content (AvgIpc) is 2.39. The fraction of sp³-hybridized carbons (Fsp3) is 0.429. The van der Waals surface area contributed by atoms with Crippen LogP contribution in [-0.4, -0.2) is 18.7 Å². The number of hydrogen-bond acceptors (Lipinski definition) is 3. The number of carbonyl (C=O) groups is 2. The molecular weight excluding hydrogens is 216 g/mol. The molecule has 3 heteroatoms. The van der Waals surface area contributed by atoms with Crippen molar-refractivity contribution in [2.45, 2.75) is 25.7 Å². The van der Waals surface area contributed by atoms with Crippen LogP contribution in [0.25, 0.3) is 0 Å². The van der Waals surface area contributed by atoms with Crippen molar-refractivity contribution in [3.63, 3.8) is 0 Å². The third-order valence-electron chi connectivity index (χ3n) is 3.29. The lowest BCUT2D eigenvalue weighted by atomic mass is 9.83. The van der Waals surface area contributed by atoms with Crippen molar-refractivity contribution < 1.29 is 14.3 Å². The van der Waals surface area contributed by atoms with Crippen LogP contribution >= 0.6 is 0 Å². The van der Waals surface area contributed by atoms with Gasteiger partial charge in [-0.05, 0) is 25.0 Å². The maximum Gasteiger partial charge on any atom is 0.169 e. The van der Waals surface area contributed by atoms with E-state index >= 15 is 0 Å². The van der Waals surface area contributed by atoms with Crippen LogP contribution in [0.1, 0.15) is 36.0 Å². The molecule has 90 valence electrons. The van der Waals surface area contributed by atoms with Crippen molar-refractivity contribution in [2.75, 3.05) is 7.11 Å². The maximum absolute atomic E-state index is 12.3. The molecule has 0 radical (unpaired) electrons. The first kappa shape index (κ1) is 11.8. The number of carbonyl (C=O) groups excluding carboxylic acids is 2. The van der Waals surface area contributed by atoms with E-state index in [0.29, 0.717) is 37.0 Å². The first-order chi connectivity index (χ1) is 8.22. The van der Waals surface area contributed by atoms with Gasteiger partial charge in [-0.1, -0.05) is 12.1 Å². The summed E-state index contributed by atoms with van der Waals surface area (Å²) in [7, 11) is 1.57. The Labute approximate surface area is 101 Å². The third kappa shape index (κ3) is 2.54. The van der Waals surface area contributed by atoms with Crippen LogP contribution in [-0.2, 0) is 4.79 Å². The molecule has 1 aliphatic carbocycles. The minimum atomic E-state index is -0.0241. The van der Waals surface area contributed by atoms with E-state index < -0.39 is 0 Å². The third-order valence-corrected chi connectivity index (χ3v) is 3.29. The second kappa shape index (κ2) is 5.13. The molecular formula is C14H16O3. The van der Waals surface area contributed by atoms with Crippen LogP contribution in [0.4, 0.5) is 0 Å². The van der Waals surface area contributed by atoms with Crippen LogP contribution in [0.5, 0.6) is 5.75 Å². The number of ketones is 2. The van der Waals surface area contributed by atoms with E-state index in [4.69, 9.17) is 4.74 Å². The van der Waals surface area contributed by atoms with Gasteiger partial charge < -0.3 is 4.74 Å². The Balaban J connectivity index is 2.16. The molecule has 17 heavy (non-hydrogen) atoms. The average molecular weight is 232 g/mol. The number of Topliss-reactive ketones (excluding diaryl/α,β-unsaturated/α-hetero) is 2. The number of rotatable bonds is 3. The first-order valence-electron chi connectivity index (χ1n) is 5.91. The number of para-hydroxylation sites is 1. The summed E-state index contributed by atoms with van der Waals surface area (Å²) in [6, 6.07) is 7.27. The molecule has 1 aliphatic rings.